The summed E-state index contributed by atoms with van der Waals surface area (Å²) in [7, 11) is 0. The lowest BCUT2D eigenvalue weighted by Crippen LogP contribution is -2.35. The second-order valence-corrected chi connectivity index (χ2v) is 7.29. The Morgan fingerprint density at radius 1 is 1.33 bits per heavy atom. The van der Waals surface area contributed by atoms with Crippen molar-refractivity contribution in [2.75, 3.05) is 11.1 Å². The van der Waals surface area contributed by atoms with E-state index >= 15 is 0 Å². The van der Waals surface area contributed by atoms with Gasteiger partial charge < -0.3 is 11.1 Å². The molecule has 0 fully saturated rings. The number of rotatable bonds is 3. The van der Waals surface area contributed by atoms with E-state index in [1.165, 1.54) is 0 Å². The number of anilines is 2. The summed E-state index contributed by atoms with van der Waals surface area (Å²) < 4.78 is 13.7. The minimum absolute atomic E-state index is 0.0987. The molecular weight excluding hydrogens is 297 g/mol. The van der Waals surface area contributed by atoms with Crippen molar-refractivity contribution in [3.63, 3.8) is 0 Å². The van der Waals surface area contributed by atoms with E-state index in [9.17, 15) is 4.39 Å². The summed E-state index contributed by atoms with van der Waals surface area (Å²) in [5.41, 5.74) is 5.56. The van der Waals surface area contributed by atoms with Crippen LogP contribution in [0.15, 0.2) is 10.5 Å². The lowest BCUT2D eigenvalue weighted by atomic mass is 9.82. The lowest BCUT2D eigenvalue weighted by molar-refractivity contribution is 0.302. The van der Waals surface area contributed by atoms with Crippen molar-refractivity contribution in [2.45, 2.75) is 46.6 Å². The summed E-state index contributed by atoms with van der Waals surface area (Å²) >= 11 is 3.13. The number of nitrogens with zero attached hydrogens (tertiary/aromatic N) is 1. The van der Waals surface area contributed by atoms with Crippen LogP contribution in [0.25, 0.3) is 0 Å². The van der Waals surface area contributed by atoms with E-state index in [4.69, 9.17) is 5.73 Å². The van der Waals surface area contributed by atoms with Crippen molar-refractivity contribution in [3.8, 4) is 0 Å². The number of nitrogens with one attached hydrogen (secondary N) is 1. The van der Waals surface area contributed by atoms with Crippen LogP contribution in [0.2, 0.25) is 0 Å². The van der Waals surface area contributed by atoms with Crippen LogP contribution in [0.5, 0.6) is 0 Å². The molecule has 1 aromatic rings. The predicted octanol–water partition coefficient (Wildman–Crippen LogP) is 4.19. The molecule has 0 saturated heterocycles. The van der Waals surface area contributed by atoms with E-state index in [2.05, 4.69) is 60.8 Å². The van der Waals surface area contributed by atoms with E-state index in [-0.39, 0.29) is 16.8 Å². The molecule has 0 atom stereocenters. The van der Waals surface area contributed by atoms with Gasteiger partial charge in [-0.05, 0) is 47.7 Å². The third-order valence-corrected chi connectivity index (χ3v) is 2.95. The molecule has 3 nitrogen and oxygen atoms in total. The molecule has 5 heteroatoms. The van der Waals surface area contributed by atoms with Crippen LogP contribution >= 0.6 is 15.9 Å². The number of pyridine rings is 1. The number of nitrogens with two attached hydrogens (primary N) is 1. The first kappa shape index (κ1) is 15.2. The molecule has 0 saturated carbocycles. The standard InChI is InChI=1S/C13H21BrFN3/c1-12(2,3)7-13(4,5)18-9-6-8(14)10(15)11(16)17-9/h6H,7H2,1-5H3,(H3,16,17,18). The fourth-order valence-electron chi connectivity index (χ4n) is 2.30. The van der Waals surface area contributed by atoms with E-state index in [1.807, 2.05) is 0 Å². The zero-order valence-electron chi connectivity index (χ0n) is 11.6. The van der Waals surface area contributed by atoms with Gasteiger partial charge in [-0.1, -0.05) is 20.8 Å². The highest BCUT2D eigenvalue weighted by molar-refractivity contribution is 9.10. The first-order valence-corrected chi connectivity index (χ1v) is 6.69. The minimum Gasteiger partial charge on any atom is -0.381 e. The third kappa shape index (κ3) is 4.44. The number of hydrogen-bond donors (Lipinski definition) is 2. The van der Waals surface area contributed by atoms with Gasteiger partial charge in [-0.2, -0.15) is 0 Å². The van der Waals surface area contributed by atoms with Gasteiger partial charge >= 0.3 is 0 Å². The summed E-state index contributed by atoms with van der Waals surface area (Å²) in [4.78, 5) is 4.01. The number of nitrogen functional groups attached to an aromatic ring is 1. The second-order valence-electron chi connectivity index (χ2n) is 6.43. The average Bonchev–Trinajstić information content (AvgIpc) is 2.08. The average molecular weight is 318 g/mol. The Hall–Kier alpha value is -0.840. The summed E-state index contributed by atoms with van der Waals surface area (Å²) in [5.74, 6) is -0.0392. The van der Waals surface area contributed by atoms with Crippen LogP contribution < -0.4 is 11.1 Å². The molecule has 0 spiro atoms. The highest BCUT2D eigenvalue weighted by Gasteiger charge is 2.26. The third-order valence-electron chi connectivity index (χ3n) is 2.38. The molecule has 18 heavy (non-hydrogen) atoms. The van der Waals surface area contributed by atoms with Crippen LogP contribution in [0, 0.1) is 11.2 Å². The Morgan fingerprint density at radius 2 is 1.89 bits per heavy atom. The molecular formula is C13H21BrFN3. The number of halogens is 2. The molecule has 0 aromatic carbocycles. The Labute approximate surface area is 116 Å². The molecule has 1 rings (SSSR count). The van der Waals surface area contributed by atoms with Crippen LogP contribution in [0.3, 0.4) is 0 Å². The Kier molecular flexibility index (Phi) is 4.26. The molecule has 1 heterocycles. The smallest absolute Gasteiger partial charge is 0.179 e. The van der Waals surface area contributed by atoms with Gasteiger partial charge in [0.25, 0.3) is 0 Å². The van der Waals surface area contributed by atoms with E-state index < -0.39 is 5.82 Å². The molecule has 0 aliphatic carbocycles. The molecule has 0 bridgehead atoms. The summed E-state index contributed by atoms with van der Waals surface area (Å²) in [6, 6.07) is 1.61. The molecule has 3 N–H and O–H groups in total. The zero-order valence-corrected chi connectivity index (χ0v) is 13.2. The molecule has 0 aliphatic heterocycles. The maximum absolute atomic E-state index is 13.4. The molecule has 102 valence electrons. The zero-order chi connectivity index (χ0) is 14.1. The first-order valence-electron chi connectivity index (χ1n) is 5.90. The summed E-state index contributed by atoms with van der Waals surface area (Å²) in [6.45, 7) is 10.7. The number of hydrogen-bond acceptors (Lipinski definition) is 3. The van der Waals surface area contributed by atoms with E-state index in [0.717, 1.165) is 6.42 Å². The molecule has 0 radical (unpaired) electrons. The van der Waals surface area contributed by atoms with Crippen LogP contribution in [0.4, 0.5) is 16.0 Å². The lowest BCUT2D eigenvalue weighted by Gasteiger charge is -2.33. The highest BCUT2D eigenvalue weighted by atomic mass is 79.9. The van der Waals surface area contributed by atoms with Crippen molar-refractivity contribution in [2.24, 2.45) is 5.41 Å². The van der Waals surface area contributed by atoms with Crippen LogP contribution in [0.1, 0.15) is 41.0 Å². The van der Waals surface area contributed by atoms with Gasteiger partial charge in [0.2, 0.25) is 0 Å². The van der Waals surface area contributed by atoms with Gasteiger partial charge in [-0.25, -0.2) is 9.37 Å². The van der Waals surface area contributed by atoms with Gasteiger partial charge in [0.05, 0.1) is 4.47 Å². The van der Waals surface area contributed by atoms with Crippen LogP contribution in [-0.4, -0.2) is 10.5 Å². The molecule has 1 aromatic heterocycles. The normalized spacial score (nSPS) is 12.6. The predicted molar refractivity (Wildman–Crippen MR) is 78.1 cm³/mol. The van der Waals surface area contributed by atoms with Gasteiger partial charge in [0, 0.05) is 5.54 Å². The van der Waals surface area contributed by atoms with E-state index in [1.54, 1.807) is 6.07 Å². The fraction of sp³-hybridized carbons (Fsp3) is 0.615. The Morgan fingerprint density at radius 3 is 2.33 bits per heavy atom. The van der Waals surface area contributed by atoms with Crippen molar-refractivity contribution in [1.82, 2.24) is 4.98 Å². The van der Waals surface area contributed by atoms with Gasteiger partial charge in [0.1, 0.15) is 5.82 Å². The van der Waals surface area contributed by atoms with Gasteiger partial charge in [-0.15, -0.1) is 0 Å². The molecule has 0 aliphatic rings. The minimum atomic E-state index is -0.519. The maximum atomic E-state index is 13.4. The monoisotopic (exact) mass is 317 g/mol. The largest absolute Gasteiger partial charge is 0.381 e. The van der Waals surface area contributed by atoms with Crippen molar-refractivity contribution in [3.05, 3.63) is 16.4 Å². The van der Waals surface area contributed by atoms with Gasteiger partial charge in [-0.3, -0.25) is 0 Å². The highest BCUT2D eigenvalue weighted by Crippen LogP contribution is 2.30. The Balaban J connectivity index is 2.91. The first-order chi connectivity index (χ1) is 8.00. The summed E-state index contributed by atoms with van der Waals surface area (Å²) in [6.07, 6.45) is 0.955. The maximum Gasteiger partial charge on any atom is 0.179 e. The second kappa shape index (κ2) is 5.03. The Bertz CT molecular complexity index is 415. The summed E-state index contributed by atoms with van der Waals surface area (Å²) in [5, 5.41) is 3.30. The van der Waals surface area contributed by atoms with Crippen molar-refractivity contribution >= 4 is 27.6 Å². The molecule has 0 unspecified atom stereocenters. The van der Waals surface area contributed by atoms with Crippen molar-refractivity contribution < 1.29 is 4.39 Å². The molecule has 0 amide bonds. The van der Waals surface area contributed by atoms with Crippen molar-refractivity contribution in [1.29, 1.82) is 0 Å². The fourth-order valence-corrected chi connectivity index (χ4v) is 2.72. The SMILES string of the molecule is CC(C)(C)CC(C)(C)Nc1cc(Br)c(F)c(N)n1. The van der Waals surface area contributed by atoms with Crippen LogP contribution in [-0.2, 0) is 0 Å². The quantitative estimate of drug-likeness (QED) is 0.878. The topological polar surface area (TPSA) is 50.9 Å². The van der Waals surface area contributed by atoms with E-state index in [0.29, 0.717) is 10.3 Å². The van der Waals surface area contributed by atoms with Gasteiger partial charge in [0.15, 0.2) is 11.6 Å². The number of aromatic nitrogens is 1.